The molecule has 2 rings (SSSR count). The lowest BCUT2D eigenvalue weighted by Crippen LogP contribution is -2.29. The van der Waals surface area contributed by atoms with E-state index < -0.39 is 0 Å². The predicted octanol–water partition coefficient (Wildman–Crippen LogP) is 1.33. The summed E-state index contributed by atoms with van der Waals surface area (Å²) < 4.78 is 0. The van der Waals surface area contributed by atoms with Gasteiger partial charge in [0.25, 0.3) is 0 Å². The normalized spacial score (nSPS) is 19.1. The van der Waals surface area contributed by atoms with Crippen molar-refractivity contribution in [2.24, 2.45) is 0 Å². The molecule has 0 unspecified atom stereocenters. The van der Waals surface area contributed by atoms with Gasteiger partial charge in [0.15, 0.2) is 0 Å². The molecule has 1 fully saturated rings. The molecule has 1 aromatic rings. The predicted molar refractivity (Wildman–Crippen MR) is 61.1 cm³/mol. The summed E-state index contributed by atoms with van der Waals surface area (Å²) in [5.41, 5.74) is 1.28. The van der Waals surface area contributed by atoms with Gasteiger partial charge in [-0.15, -0.1) is 0 Å². The average molecular weight is 206 g/mol. The number of nitrogens with one attached hydrogen (secondary N) is 1. The standard InChI is InChI=1S/C11H18N4/c1-12-11-13-7-10(8-14-11)9-3-5-15(2)6-4-9/h7-9H,3-6H2,1-2H3,(H,12,13,14). The fraction of sp³-hybridized carbons (Fsp3) is 0.636. The number of nitrogens with zero attached hydrogens (tertiary/aromatic N) is 3. The Hall–Kier alpha value is -1.16. The summed E-state index contributed by atoms with van der Waals surface area (Å²) in [6, 6.07) is 0. The minimum absolute atomic E-state index is 0.645. The SMILES string of the molecule is CNc1ncc(C2CCN(C)CC2)cn1. The molecule has 0 aliphatic carbocycles. The Morgan fingerprint density at radius 2 is 1.87 bits per heavy atom. The third-order valence-corrected chi connectivity index (χ3v) is 3.09. The Kier molecular flexibility index (Phi) is 3.16. The lowest BCUT2D eigenvalue weighted by molar-refractivity contribution is 0.255. The number of aromatic nitrogens is 2. The molecular formula is C11H18N4. The van der Waals surface area contributed by atoms with E-state index in [1.807, 2.05) is 19.4 Å². The zero-order valence-electron chi connectivity index (χ0n) is 9.40. The highest BCUT2D eigenvalue weighted by Crippen LogP contribution is 2.26. The van der Waals surface area contributed by atoms with E-state index in [-0.39, 0.29) is 0 Å². The summed E-state index contributed by atoms with van der Waals surface area (Å²) in [7, 11) is 4.02. The highest BCUT2D eigenvalue weighted by Gasteiger charge is 2.18. The lowest BCUT2D eigenvalue weighted by atomic mass is 9.92. The molecule has 15 heavy (non-hydrogen) atoms. The number of rotatable bonds is 2. The van der Waals surface area contributed by atoms with Gasteiger partial charge in [0.05, 0.1) is 0 Å². The van der Waals surface area contributed by atoms with E-state index >= 15 is 0 Å². The van der Waals surface area contributed by atoms with Crippen molar-refractivity contribution in [3.63, 3.8) is 0 Å². The maximum absolute atomic E-state index is 4.26. The molecular weight excluding hydrogens is 188 g/mol. The molecule has 4 nitrogen and oxygen atoms in total. The van der Waals surface area contributed by atoms with Crippen molar-refractivity contribution >= 4 is 5.95 Å². The zero-order valence-corrected chi connectivity index (χ0v) is 9.40. The number of piperidine rings is 1. The largest absolute Gasteiger partial charge is 0.357 e. The quantitative estimate of drug-likeness (QED) is 0.792. The van der Waals surface area contributed by atoms with E-state index in [0.717, 1.165) is 0 Å². The molecule has 4 heteroatoms. The minimum atomic E-state index is 0.645. The van der Waals surface area contributed by atoms with E-state index in [0.29, 0.717) is 11.9 Å². The minimum Gasteiger partial charge on any atom is -0.357 e. The molecule has 1 N–H and O–H groups in total. The molecule has 0 spiro atoms. The van der Waals surface area contributed by atoms with E-state index in [9.17, 15) is 0 Å². The van der Waals surface area contributed by atoms with Crippen molar-refractivity contribution in [1.82, 2.24) is 14.9 Å². The van der Waals surface area contributed by atoms with Crippen molar-refractivity contribution < 1.29 is 0 Å². The highest BCUT2D eigenvalue weighted by molar-refractivity contribution is 5.24. The molecule has 0 radical (unpaired) electrons. The Morgan fingerprint density at radius 3 is 2.40 bits per heavy atom. The van der Waals surface area contributed by atoms with Crippen molar-refractivity contribution in [3.05, 3.63) is 18.0 Å². The van der Waals surface area contributed by atoms with Crippen LogP contribution >= 0.6 is 0 Å². The summed E-state index contributed by atoms with van der Waals surface area (Å²) in [5.74, 6) is 1.35. The second-order valence-corrected chi connectivity index (χ2v) is 4.17. The van der Waals surface area contributed by atoms with Crippen LogP contribution in [0.1, 0.15) is 24.3 Å². The molecule has 82 valence electrons. The van der Waals surface area contributed by atoms with Gasteiger partial charge in [-0.05, 0) is 44.5 Å². The van der Waals surface area contributed by atoms with Crippen LogP contribution in [0, 0.1) is 0 Å². The number of hydrogen-bond acceptors (Lipinski definition) is 4. The van der Waals surface area contributed by atoms with Gasteiger partial charge in [0.1, 0.15) is 0 Å². The summed E-state index contributed by atoms with van der Waals surface area (Å²) in [6.45, 7) is 2.36. The van der Waals surface area contributed by atoms with Crippen LogP contribution in [0.3, 0.4) is 0 Å². The molecule has 1 saturated heterocycles. The Morgan fingerprint density at radius 1 is 1.27 bits per heavy atom. The van der Waals surface area contributed by atoms with Crippen molar-refractivity contribution in [2.45, 2.75) is 18.8 Å². The van der Waals surface area contributed by atoms with Crippen LogP contribution in [0.5, 0.6) is 0 Å². The molecule has 0 bridgehead atoms. The average Bonchev–Trinajstić information content (AvgIpc) is 2.30. The number of likely N-dealkylation sites (tertiary alicyclic amines) is 1. The number of anilines is 1. The Balaban J connectivity index is 2.03. The maximum Gasteiger partial charge on any atom is 0.222 e. The van der Waals surface area contributed by atoms with Gasteiger partial charge in [-0.3, -0.25) is 0 Å². The van der Waals surface area contributed by atoms with Crippen LogP contribution in [0.15, 0.2) is 12.4 Å². The van der Waals surface area contributed by atoms with Gasteiger partial charge in [0.2, 0.25) is 5.95 Å². The van der Waals surface area contributed by atoms with Gasteiger partial charge in [-0.2, -0.15) is 0 Å². The Bertz CT molecular complexity index is 301. The van der Waals surface area contributed by atoms with E-state index in [2.05, 4.69) is 27.2 Å². The first-order chi connectivity index (χ1) is 7.29. The van der Waals surface area contributed by atoms with Crippen LogP contribution in [0.2, 0.25) is 0 Å². The Labute approximate surface area is 90.7 Å². The van der Waals surface area contributed by atoms with E-state index in [4.69, 9.17) is 0 Å². The lowest BCUT2D eigenvalue weighted by Gasteiger charge is -2.28. The molecule has 1 aliphatic rings. The fourth-order valence-electron chi connectivity index (χ4n) is 2.02. The topological polar surface area (TPSA) is 41.1 Å². The second kappa shape index (κ2) is 4.57. The summed E-state index contributed by atoms with van der Waals surface area (Å²) in [5, 5.41) is 2.93. The van der Waals surface area contributed by atoms with Gasteiger partial charge >= 0.3 is 0 Å². The molecule has 0 atom stereocenters. The fourth-order valence-corrected chi connectivity index (χ4v) is 2.02. The van der Waals surface area contributed by atoms with Crippen LogP contribution in [0.25, 0.3) is 0 Å². The first-order valence-corrected chi connectivity index (χ1v) is 5.48. The molecule has 1 aromatic heterocycles. The van der Waals surface area contributed by atoms with Crippen molar-refractivity contribution in [1.29, 1.82) is 0 Å². The second-order valence-electron chi connectivity index (χ2n) is 4.17. The van der Waals surface area contributed by atoms with Crippen LogP contribution in [0.4, 0.5) is 5.95 Å². The monoisotopic (exact) mass is 206 g/mol. The smallest absolute Gasteiger partial charge is 0.222 e. The number of hydrogen-bond donors (Lipinski definition) is 1. The molecule has 1 aliphatic heterocycles. The van der Waals surface area contributed by atoms with Gasteiger partial charge in [-0.25, -0.2) is 9.97 Å². The first-order valence-electron chi connectivity index (χ1n) is 5.48. The summed E-state index contributed by atoms with van der Waals surface area (Å²) in [6.07, 6.45) is 6.35. The van der Waals surface area contributed by atoms with Crippen molar-refractivity contribution in [3.8, 4) is 0 Å². The summed E-state index contributed by atoms with van der Waals surface area (Å²) >= 11 is 0. The van der Waals surface area contributed by atoms with E-state index in [1.54, 1.807) is 0 Å². The maximum atomic E-state index is 4.26. The van der Waals surface area contributed by atoms with E-state index in [1.165, 1.54) is 31.5 Å². The molecule has 0 saturated carbocycles. The third-order valence-electron chi connectivity index (χ3n) is 3.09. The van der Waals surface area contributed by atoms with Crippen LogP contribution in [-0.2, 0) is 0 Å². The van der Waals surface area contributed by atoms with Crippen LogP contribution in [-0.4, -0.2) is 42.1 Å². The molecule has 0 aromatic carbocycles. The highest BCUT2D eigenvalue weighted by atomic mass is 15.1. The first kappa shape index (κ1) is 10.4. The summed E-state index contributed by atoms with van der Waals surface area (Å²) in [4.78, 5) is 10.9. The van der Waals surface area contributed by atoms with Crippen molar-refractivity contribution in [2.75, 3.05) is 32.5 Å². The van der Waals surface area contributed by atoms with Gasteiger partial charge in [0, 0.05) is 19.4 Å². The third kappa shape index (κ3) is 2.45. The van der Waals surface area contributed by atoms with Crippen LogP contribution < -0.4 is 5.32 Å². The molecule has 2 heterocycles. The van der Waals surface area contributed by atoms with Gasteiger partial charge < -0.3 is 10.2 Å². The van der Waals surface area contributed by atoms with Gasteiger partial charge in [-0.1, -0.05) is 0 Å². The zero-order chi connectivity index (χ0) is 10.7. The molecule has 0 amide bonds.